The quantitative estimate of drug-likeness (QED) is 0.0309. The van der Waals surface area contributed by atoms with Crippen molar-refractivity contribution in [3.8, 4) is 0 Å². The van der Waals surface area contributed by atoms with Gasteiger partial charge in [-0.25, -0.2) is 0 Å². The van der Waals surface area contributed by atoms with Crippen molar-refractivity contribution in [2.24, 2.45) is 0 Å². The average molecular weight is 779 g/mol. The van der Waals surface area contributed by atoms with Crippen LogP contribution < -0.4 is 0 Å². The van der Waals surface area contributed by atoms with Crippen LogP contribution in [0.1, 0.15) is 149 Å². The van der Waals surface area contributed by atoms with Gasteiger partial charge in [-0.3, -0.25) is 0 Å². The second-order valence-corrected chi connectivity index (χ2v) is 15.2. The maximum absolute atomic E-state index is 9.75. The first-order valence-corrected chi connectivity index (χ1v) is 19.7. The summed E-state index contributed by atoms with van der Waals surface area (Å²) in [4.78, 5) is 0. The topological polar surface area (TPSA) is 0 Å². The van der Waals surface area contributed by atoms with Gasteiger partial charge in [-0.05, 0) is 26.2 Å². The summed E-state index contributed by atoms with van der Waals surface area (Å²) in [5.74, 6) is 4.32. The van der Waals surface area contributed by atoms with Crippen LogP contribution in [-0.2, 0) is 9.93 Å². The lowest BCUT2D eigenvalue weighted by Gasteiger charge is -2.06. The largest absolute Gasteiger partial charge is 0.673 e. The molecule has 0 heterocycles. The summed E-state index contributed by atoms with van der Waals surface area (Å²) < 4.78 is 156. The molecule has 0 saturated heterocycles. The molecule has 0 amide bonds. The molecule has 0 nitrogen and oxygen atoms in total. The zero-order valence-corrected chi connectivity index (χ0v) is 30.1. The molecule has 0 aromatic rings. The highest BCUT2D eigenvalue weighted by molar-refractivity contribution is 8.74. The number of unbranched alkanes of at least 4 members (excludes halogenated alkanes) is 18. The van der Waals surface area contributed by atoms with Gasteiger partial charge in [-0.2, -0.15) is 0 Å². The lowest BCUT2D eigenvalue weighted by atomic mass is 10.1. The molecule has 0 aromatic carbocycles. The molecule has 0 aliphatic carbocycles. The standard InChI is InChI=1S/C26H55S2.4BF4/c1-4-7-9-11-13-15-17-19-21-23-25-27-28(6-3)26-24-22-20-18-16-14-12-10-8-5-2;4*2-1(3,4)5/h4-26H2,1-3H3;;;;/q+1;4*-1. The van der Waals surface area contributed by atoms with Crippen molar-refractivity contribution < 1.29 is 69.1 Å². The van der Waals surface area contributed by atoms with Crippen LogP contribution in [0.5, 0.6) is 0 Å². The Morgan fingerprint density at radius 3 is 0.771 bits per heavy atom. The van der Waals surface area contributed by atoms with Gasteiger partial charge in [0.15, 0.2) is 0 Å². The Labute approximate surface area is 285 Å². The van der Waals surface area contributed by atoms with E-state index in [4.69, 9.17) is 0 Å². The molecule has 1 unspecified atom stereocenters. The summed E-state index contributed by atoms with van der Waals surface area (Å²) in [5, 5.41) is 0. The van der Waals surface area contributed by atoms with Crippen molar-refractivity contribution in [2.45, 2.75) is 149 Å². The fourth-order valence-electron chi connectivity index (χ4n) is 3.80. The summed E-state index contributed by atoms with van der Waals surface area (Å²) in [6, 6.07) is 0. The van der Waals surface area contributed by atoms with Crippen LogP contribution >= 0.6 is 10.8 Å². The molecular weight excluding hydrogens is 724 g/mol. The highest BCUT2D eigenvalue weighted by Gasteiger charge is 2.22. The Morgan fingerprint density at radius 1 is 0.333 bits per heavy atom. The van der Waals surface area contributed by atoms with E-state index in [1.54, 1.807) is 0 Å². The molecule has 0 aliphatic heterocycles. The zero-order valence-electron chi connectivity index (χ0n) is 28.4. The smallest absolute Gasteiger partial charge is 0.418 e. The summed E-state index contributed by atoms with van der Waals surface area (Å²) >= 11 is 0. The normalized spacial score (nSPS) is 12.3. The van der Waals surface area contributed by atoms with E-state index in [-0.39, 0.29) is 0 Å². The molecule has 0 N–H and O–H groups in total. The van der Waals surface area contributed by atoms with E-state index < -0.39 is 29.0 Å². The van der Waals surface area contributed by atoms with E-state index in [1.165, 1.54) is 146 Å². The highest BCUT2D eigenvalue weighted by atomic mass is 33.1. The van der Waals surface area contributed by atoms with Gasteiger partial charge < -0.3 is 69.1 Å². The van der Waals surface area contributed by atoms with E-state index in [0.29, 0.717) is 9.93 Å². The van der Waals surface area contributed by atoms with Gasteiger partial charge in [-0.1, -0.05) is 123 Å². The van der Waals surface area contributed by atoms with Crippen molar-refractivity contribution >= 4 is 49.7 Å². The van der Waals surface area contributed by atoms with E-state index in [9.17, 15) is 69.1 Å². The van der Waals surface area contributed by atoms with Gasteiger partial charge in [0.2, 0.25) is 0 Å². The zero-order chi connectivity index (χ0) is 38.5. The van der Waals surface area contributed by atoms with Crippen LogP contribution in [0.25, 0.3) is 0 Å². The molecule has 0 spiro atoms. The van der Waals surface area contributed by atoms with Crippen molar-refractivity contribution in [2.75, 3.05) is 17.3 Å². The van der Waals surface area contributed by atoms with E-state index in [2.05, 4.69) is 31.6 Å². The third kappa shape index (κ3) is 128. The third-order valence-corrected chi connectivity index (χ3v) is 10.7. The lowest BCUT2D eigenvalue weighted by Crippen LogP contribution is -2.06. The number of halogens is 16. The monoisotopic (exact) mass is 779 g/mol. The van der Waals surface area contributed by atoms with Crippen molar-refractivity contribution in [1.29, 1.82) is 0 Å². The number of rotatable bonds is 24. The van der Waals surface area contributed by atoms with Crippen molar-refractivity contribution in [3.63, 3.8) is 0 Å². The first-order chi connectivity index (χ1) is 21.8. The van der Waals surface area contributed by atoms with Crippen LogP contribution in [0.3, 0.4) is 0 Å². The van der Waals surface area contributed by atoms with E-state index in [0.717, 1.165) is 0 Å². The van der Waals surface area contributed by atoms with Gasteiger partial charge in [0.1, 0.15) is 11.5 Å². The summed E-state index contributed by atoms with van der Waals surface area (Å²) in [6.07, 6.45) is 29.3. The Balaban J connectivity index is -0.000000247. The van der Waals surface area contributed by atoms with Crippen molar-refractivity contribution in [3.05, 3.63) is 0 Å². The second kappa shape index (κ2) is 38.1. The minimum absolute atomic E-state index is 0.659. The SMILES string of the molecule is CCCCCCCCCCCCS[S+](CC)CCCCCCCCCCCC.F[B-](F)(F)F.F[B-](F)(F)F.F[B-](F)(F)F.F[B-](F)(F)F. The maximum Gasteiger partial charge on any atom is 0.673 e. The van der Waals surface area contributed by atoms with Gasteiger partial charge in [-0.15, -0.1) is 0 Å². The van der Waals surface area contributed by atoms with Crippen LogP contribution in [0.4, 0.5) is 69.1 Å². The first-order valence-electron chi connectivity index (χ1n) is 16.6. The van der Waals surface area contributed by atoms with Crippen LogP contribution in [0.2, 0.25) is 0 Å². The molecule has 1 atom stereocenters. The Morgan fingerprint density at radius 2 is 0.542 bits per heavy atom. The molecule has 0 aliphatic rings. The van der Waals surface area contributed by atoms with Gasteiger partial charge in [0.05, 0.1) is 20.7 Å². The van der Waals surface area contributed by atoms with E-state index in [1.807, 2.05) is 0 Å². The molecule has 0 bridgehead atoms. The summed E-state index contributed by atoms with van der Waals surface area (Å²) in [7, 11) is -21.0. The van der Waals surface area contributed by atoms with Crippen LogP contribution in [-0.4, -0.2) is 46.3 Å². The molecule has 0 fully saturated rings. The third-order valence-electron chi connectivity index (χ3n) is 5.80. The number of hydrogen-bond acceptors (Lipinski definition) is 1. The molecule has 0 aromatic heterocycles. The Hall–Kier alpha value is -0.160. The fraction of sp³-hybridized carbons (Fsp3) is 1.00. The van der Waals surface area contributed by atoms with Gasteiger partial charge >= 0.3 is 29.0 Å². The molecule has 0 radical (unpaired) electrons. The molecule has 0 saturated carbocycles. The van der Waals surface area contributed by atoms with Gasteiger partial charge in [0, 0.05) is 5.75 Å². The Kier molecular flexibility index (Phi) is 45.4. The molecule has 0 rings (SSSR count). The minimum Gasteiger partial charge on any atom is -0.418 e. The molecule has 298 valence electrons. The predicted octanol–water partition coefficient (Wildman–Crippen LogP) is 15.3. The average Bonchev–Trinajstić information content (AvgIpc) is 2.88. The highest BCUT2D eigenvalue weighted by Crippen LogP contribution is 2.22. The minimum atomic E-state index is -6.00. The summed E-state index contributed by atoms with van der Waals surface area (Å²) in [6.45, 7) is 7.02. The first kappa shape index (κ1) is 57.2. The van der Waals surface area contributed by atoms with Crippen LogP contribution in [0.15, 0.2) is 0 Å². The van der Waals surface area contributed by atoms with Gasteiger partial charge in [0.25, 0.3) is 0 Å². The maximum atomic E-state index is 9.75. The van der Waals surface area contributed by atoms with Crippen LogP contribution in [0, 0.1) is 0 Å². The second-order valence-electron chi connectivity index (χ2n) is 10.6. The van der Waals surface area contributed by atoms with Crippen molar-refractivity contribution in [1.82, 2.24) is 0 Å². The number of hydrogen-bond donors (Lipinski definition) is 0. The molecular formula is C26H55B4F16S2-3. The molecule has 22 heteroatoms. The molecule has 48 heavy (non-hydrogen) atoms. The fourth-order valence-corrected chi connectivity index (χ4v) is 7.73. The van der Waals surface area contributed by atoms with E-state index >= 15 is 0 Å². The predicted molar refractivity (Wildman–Crippen MR) is 180 cm³/mol. The Bertz CT molecular complexity index is 540. The lowest BCUT2D eigenvalue weighted by molar-refractivity contribution is 0.366. The summed E-state index contributed by atoms with van der Waals surface area (Å²) in [5.41, 5.74) is 0.